The van der Waals surface area contributed by atoms with E-state index < -0.39 is 0 Å². The van der Waals surface area contributed by atoms with E-state index >= 15 is 0 Å². The number of methoxy groups -OCH3 is 1. The lowest BCUT2D eigenvalue weighted by molar-refractivity contribution is 0.242. The molecular weight excluding hydrogens is 348 g/mol. The molecule has 2 aromatic carbocycles. The lowest BCUT2D eigenvalue weighted by Crippen LogP contribution is -2.05. The molecule has 0 aliphatic heterocycles. The summed E-state index contributed by atoms with van der Waals surface area (Å²) < 4.78 is 12.9. The third-order valence-corrected chi connectivity index (χ3v) is 3.82. The van der Waals surface area contributed by atoms with E-state index in [-0.39, 0.29) is 6.10 Å². The van der Waals surface area contributed by atoms with Gasteiger partial charge in [-0.1, -0.05) is 12.1 Å². The van der Waals surface area contributed by atoms with Crippen LogP contribution < -0.4 is 9.47 Å². The summed E-state index contributed by atoms with van der Waals surface area (Å²) >= 11 is 5.31. The van der Waals surface area contributed by atoms with Crippen LogP contribution in [-0.4, -0.2) is 34.3 Å². The van der Waals surface area contributed by atoms with Crippen molar-refractivity contribution in [1.82, 2.24) is 14.9 Å². The van der Waals surface area contributed by atoms with Gasteiger partial charge in [-0.3, -0.25) is 0 Å². The standard InChI is InChI=1S/C19H20N4O2S/c1-13(2)25-17-6-4-5-15(11-17)18-21-22-19(26)23(18)20-12-14-7-9-16(24-3)10-8-14/h4-13H,1-3H3,(H,22,26)/b20-12+. The van der Waals surface area contributed by atoms with Crippen LogP contribution in [0.5, 0.6) is 11.5 Å². The Bertz CT molecular complexity index is 958. The summed E-state index contributed by atoms with van der Waals surface area (Å²) in [5, 5.41) is 11.6. The first-order valence-corrected chi connectivity index (χ1v) is 8.60. The zero-order valence-corrected chi connectivity index (χ0v) is 15.7. The Hall–Kier alpha value is -2.93. The fraction of sp³-hybridized carbons (Fsp3) is 0.211. The normalized spacial score (nSPS) is 11.2. The maximum Gasteiger partial charge on any atom is 0.216 e. The maximum absolute atomic E-state index is 5.75. The topological polar surface area (TPSA) is 64.4 Å². The van der Waals surface area contributed by atoms with Gasteiger partial charge in [0.2, 0.25) is 4.77 Å². The van der Waals surface area contributed by atoms with Crippen LogP contribution >= 0.6 is 12.2 Å². The van der Waals surface area contributed by atoms with E-state index in [9.17, 15) is 0 Å². The smallest absolute Gasteiger partial charge is 0.216 e. The van der Waals surface area contributed by atoms with E-state index in [0.717, 1.165) is 22.6 Å². The average Bonchev–Trinajstić information content (AvgIpc) is 3.01. The number of nitrogens with zero attached hydrogens (tertiary/aromatic N) is 3. The molecule has 0 unspecified atom stereocenters. The minimum Gasteiger partial charge on any atom is -0.497 e. The lowest BCUT2D eigenvalue weighted by Gasteiger charge is -2.10. The highest BCUT2D eigenvalue weighted by Gasteiger charge is 2.09. The van der Waals surface area contributed by atoms with Gasteiger partial charge in [0.1, 0.15) is 11.5 Å². The molecule has 1 aromatic heterocycles. The van der Waals surface area contributed by atoms with Crippen molar-refractivity contribution in [2.75, 3.05) is 7.11 Å². The van der Waals surface area contributed by atoms with Gasteiger partial charge < -0.3 is 9.47 Å². The van der Waals surface area contributed by atoms with Gasteiger partial charge in [-0.25, -0.2) is 5.10 Å². The first-order chi connectivity index (χ1) is 12.6. The first kappa shape index (κ1) is 17.9. The minimum atomic E-state index is 0.0964. The molecule has 0 aliphatic rings. The number of hydrogen-bond donors (Lipinski definition) is 1. The molecule has 0 saturated carbocycles. The highest BCUT2D eigenvalue weighted by Crippen LogP contribution is 2.23. The Kier molecular flexibility index (Phi) is 5.48. The molecular formula is C19H20N4O2S. The van der Waals surface area contributed by atoms with E-state index in [0.29, 0.717) is 10.6 Å². The zero-order chi connectivity index (χ0) is 18.5. The minimum absolute atomic E-state index is 0.0964. The van der Waals surface area contributed by atoms with Crippen LogP contribution in [0.25, 0.3) is 11.4 Å². The van der Waals surface area contributed by atoms with Crippen LogP contribution in [0.3, 0.4) is 0 Å². The molecule has 1 heterocycles. The van der Waals surface area contributed by atoms with E-state index in [1.54, 1.807) is 18.0 Å². The summed E-state index contributed by atoms with van der Waals surface area (Å²) in [4.78, 5) is 0. The Labute approximate surface area is 157 Å². The molecule has 1 N–H and O–H groups in total. The molecule has 3 rings (SSSR count). The average molecular weight is 368 g/mol. The van der Waals surface area contributed by atoms with E-state index in [1.165, 1.54) is 0 Å². The van der Waals surface area contributed by atoms with Crippen molar-refractivity contribution in [3.63, 3.8) is 0 Å². The molecule has 7 heteroatoms. The molecule has 6 nitrogen and oxygen atoms in total. The van der Waals surface area contributed by atoms with Crippen LogP contribution in [0.15, 0.2) is 53.6 Å². The van der Waals surface area contributed by atoms with Crippen molar-refractivity contribution in [1.29, 1.82) is 0 Å². The molecule has 0 amide bonds. The Morgan fingerprint density at radius 3 is 2.62 bits per heavy atom. The van der Waals surface area contributed by atoms with Gasteiger partial charge in [0.05, 0.1) is 19.4 Å². The van der Waals surface area contributed by atoms with Gasteiger partial charge in [0.25, 0.3) is 0 Å². The van der Waals surface area contributed by atoms with Gasteiger partial charge in [-0.2, -0.15) is 14.9 Å². The van der Waals surface area contributed by atoms with Gasteiger partial charge >= 0.3 is 0 Å². The van der Waals surface area contributed by atoms with Crippen LogP contribution in [0.4, 0.5) is 0 Å². The number of H-pyrrole nitrogens is 1. The first-order valence-electron chi connectivity index (χ1n) is 8.20. The molecule has 0 atom stereocenters. The lowest BCUT2D eigenvalue weighted by atomic mass is 10.2. The molecule has 3 aromatic rings. The van der Waals surface area contributed by atoms with Crippen molar-refractivity contribution in [3.05, 3.63) is 58.9 Å². The van der Waals surface area contributed by atoms with E-state index in [2.05, 4.69) is 15.3 Å². The summed E-state index contributed by atoms with van der Waals surface area (Å²) in [5.74, 6) is 2.19. The number of nitrogens with one attached hydrogen (secondary N) is 1. The molecule has 0 saturated heterocycles. The number of ether oxygens (including phenoxy) is 2. The molecule has 0 aliphatic carbocycles. The largest absolute Gasteiger partial charge is 0.497 e. The number of benzene rings is 2. The number of aromatic amines is 1. The molecule has 0 bridgehead atoms. The van der Waals surface area contributed by atoms with Crippen molar-refractivity contribution in [2.24, 2.45) is 5.10 Å². The summed E-state index contributed by atoms with van der Waals surface area (Å²) in [6.07, 6.45) is 1.82. The Balaban J connectivity index is 1.91. The van der Waals surface area contributed by atoms with Gasteiger partial charge in [-0.05, 0) is 68.0 Å². The van der Waals surface area contributed by atoms with Crippen molar-refractivity contribution in [2.45, 2.75) is 20.0 Å². The Morgan fingerprint density at radius 1 is 1.15 bits per heavy atom. The number of hydrogen-bond acceptors (Lipinski definition) is 5. The fourth-order valence-electron chi connectivity index (χ4n) is 2.38. The highest BCUT2D eigenvalue weighted by atomic mass is 32.1. The Morgan fingerprint density at radius 2 is 1.92 bits per heavy atom. The van der Waals surface area contributed by atoms with Crippen LogP contribution in [0.2, 0.25) is 0 Å². The summed E-state index contributed by atoms with van der Waals surface area (Å²) in [7, 11) is 1.64. The third-order valence-electron chi connectivity index (χ3n) is 3.55. The SMILES string of the molecule is COc1ccc(/C=N/n2c(-c3cccc(OC(C)C)c3)n[nH]c2=S)cc1. The molecule has 0 fully saturated rings. The van der Waals surface area contributed by atoms with Crippen molar-refractivity contribution < 1.29 is 9.47 Å². The highest BCUT2D eigenvalue weighted by molar-refractivity contribution is 7.71. The molecule has 26 heavy (non-hydrogen) atoms. The predicted octanol–water partition coefficient (Wildman–Crippen LogP) is 4.29. The second-order valence-electron chi connectivity index (χ2n) is 5.88. The summed E-state index contributed by atoms with van der Waals surface area (Å²) in [6, 6.07) is 15.3. The molecule has 0 spiro atoms. The third kappa shape index (κ3) is 4.18. The van der Waals surface area contributed by atoms with Gasteiger partial charge in [0.15, 0.2) is 5.82 Å². The second kappa shape index (κ2) is 7.97. The monoisotopic (exact) mass is 368 g/mol. The van der Waals surface area contributed by atoms with E-state index in [4.69, 9.17) is 21.7 Å². The van der Waals surface area contributed by atoms with Crippen molar-refractivity contribution >= 4 is 18.4 Å². The quantitative estimate of drug-likeness (QED) is 0.521. The second-order valence-corrected chi connectivity index (χ2v) is 6.26. The fourth-order valence-corrected chi connectivity index (χ4v) is 2.56. The number of rotatable bonds is 6. The van der Waals surface area contributed by atoms with Gasteiger partial charge in [0, 0.05) is 5.56 Å². The van der Waals surface area contributed by atoms with Gasteiger partial charge in [-0.15, -0.1) is 0 Å². The summed E-state index contributed by atoms with van der Waals surface area (Å²) in [6.45, 7) is 3.98. The molecule has 0 radical (unpaired) electrons. The molecule has 134 valence electrons. The summed E-state index contributed by atoms with van der Waals surface area (Å²) in [5.41, 5.74) is 1.79. The maximum atomic E-state index is 5.75. The number of aromatic nitrogens is 3. The van der Waals surface area contributed by atoms with Crippen LogP contribution in [0.1, 0.15) is 19.4 Å². The van der Waals surface area contributed by atoms with E-state index in [1.807, 2.05) is 62.4 Å². The predicted molar refractivity (Wildman–Crippen MR) is 105 cm³/mol. The zero-order valence-electron chi connectivity index (χ0n) is 14.8. The van der Waals surface area contributed by atoms with Crippen molar-refractivity contribution in [3.8, 4) is 22.9 Å². The van der Waals surface area contributed by atoms with Crippen LogP contribution in [-0.2, 0) is 0 Å². The van der Waals surface area contributed by atoms with Crippen LogP contribution in [0, 0.1) is 4.77 Å².